The van der Waals surface area contributed by atoms with Gasteiger partial charge in [-0.1, -0.05) is 0 Å². The molecule has 0 aromatic rings. The van der Waals surface area contributed by atoms with Gasteiger partial charge < -0.3 is 20.0 Å². The summed E-state index contributed by atoms with van der Waals surface area (Å²) in [5.74, 6) is 1.02. The topological polar surface area (TPSA) is 60.4 Å². The van der Waals surface area contributed by atoms with Gasteiger partial charge in [0.15, 0.2) is 0 Å². The molecule has 0 aliphatic carbocycles. The van der Waals surface area contributed by atoms with Crippen LogP contribution in [0.15, 0.2) is 29.3 Å². The third-order valence-electron chi connectivity index (χ3n) is 3.65. The quantitative estimate of drug-likeness (QED) is 0.751. The molecule has 7 nitrogen and oxygen atoms in total. The van der Waals surface area contributed by atoms with Crippen molar-refractivity contribution in [3.8, 4) is 0 Å². The number of hydrogen-bond acceptors (Lipinski definition) is 6. The van der Waals surface area contributed by atoms with E-state index in [1.807, 2.05) is 34.0 Å². The number of allylic oxidation sites excluding steroid dienone is 1. The summed E-state index contributed by atoms with van der Waals surface area (Å²) in [6, 6.07) is -0.224. The smallest absolute Gasteiger partial charge is 0.241 e. The molecule has 1 N–H and O–H groups in total. The number of morpholine rings is 1. The van der Waals surface area contributed by atoms with E-state index in [2.05, 4.69) is 10.4 Å². The van der Waals surface area contributed by atoms with Gasteiger partial charge in [-0.05, 0) is 13.0 Å². The van der Waals surface area contributed by atoms with Gasteiger partial charge in [0, 0.05) is 25.5 Å². The number of hydrazine groups is 1. The maximum absolute atomic E-state index is 12.5. The van der Waals surface area contributed by atoms with Crippen molar-refractivity contribution in [1.82, 2.24) is 20.2 Å². The Balaban J connectivity index is 1.64. The Hall–Kier alpha value is -1.86. The van der Waals surface area contributed by atoms with Gasteiger partial charge >= 0.3 is 0 Å². The van der Waals surface area contributed by atoms with Gasteiger partial charge in [-0.15, -0.1) is 0 Å². The second-order valence-corrected chi connectivity index (χ2v) is 4.96. The summed E-state index contributed by atoms with van der Waals surface area (Å²) in [6.45, 7) is 5.15. The lowest BCUT2D eigenvalue weighted by atomic mass is 10.2. The van der Waals surface area contributed by atoms with Crippen LogP contribution >= 0.6 is 0 Å². The number of fused-ring (bicyclic) bond motifs is 1. The standard InChI is InChI=1S/C13H19N5O2/c1-11(13(19)16-5-7-20-8-6-16)18-10-17-4-2-3-14-9-12(17)15-18/h2-4,9,11,15H,5-8,10H2,1H3. The molecule has 0 radical (unpaired) electrons. The lowest BCUT2D eigenvalue weighted by molar-refractivity contribution is -0.141. The van der Waals surface area contributed by atoms with Crippen molar-refractivity contribution in [2.45, 2.75) is 13.0 Å². The molecule has 0 aromatic carbocycles. The molecule has 1 amide bonds. The zero-order valence-corrected chi connectivity index (χ0v) is 11.5. The summed E-state index contributed by atoms with van der Waals surface area (Å²) >= 11 is 0. The van der Waals surface area contributed by atoms with Crippen LogP contribution in [0.2, 0.25) is 0 Å². The predicted octanol–water partition coefficient (Wildman–Crippen LogP) is -0.290. The molecular weight excluding hydrogens is 258 g/mol. The lowest BCUT2D eigenvalue weighted by Gasteiger charge is -2.32. The van der Waals surface area contributed by atoms with Crippen LogP contribution in [0.1, 0.15) is 6.92 Å². The summed E-state index contributed by atoms with van der Waals surface area (Å²) in [6.07, 6.45) is 7.32. The molecule has 0 bridgehead atoms. The Morgan fingerprint density at radius 2 is 2.25 bits per heavy atom. The van der Waals surface area contributed by atoms with Crippen LogP contribution in [0, 0.1) is 0 Å². The van der Waals surface area contributed by atoms with E-state index in [1.54, 1.807) is 12.4 Å². The van der Waals surface area contributed by atoms with Crippen LogP contribution in [0.25, 0.3) is 0 Å². The number of hydrogen-bond donors (Lipinski definition) is 1. The fraction of sp³-hybridized carbons (Fsp3) is 0.538. The SMILES string of the molecule is CC(C(=O)N1CCOCC1)N1CN2C=CC=NC=C2N1. The molecule has 0 saturated carbocycles. The highest BCUT2D eigenvalue weighted by molar-refractivity contribution is 5.81. The van der Waals surface area contributed by atoms with Crippen LogP contribution in [0.5, 0.6) is 0 Å². The number of nitrogens with one attached hydrogen (secondary N) is 1. The fourth-order valence-corrected chi connectivity index (χ4v) is 2.42. The predicted molar refractivity (Wildman–Crippen MR) is 74.3 cm³/mol. The molecule has 2 saturated heterocycles. The average molecular weight is 277 g/mol. The van der Waals surface area contributed by atoms with Gasteiger partial charge in [0.05, 0.1) is 26.1 Å². The molecule has 0 spiro atoms. The number of amides is 1. The van der Waals surface area contributed by atoms with E-state index in [4.69, 9.17) is 4.74 Å². The number of nitrogens with zero attached hydrogens (tertiary/aromatic N) is 4. The Kier molecular flexibility index (Phi) is 3.70. The third kappa shape index (κ3) is 2.54. The second kappa shape index (κ2) is 5.64. The van der Waals surface area contributed by atoms with Crippen molar-refractivity contribution in [3.05, 3.63) is 24.3 Å². The Bertz CT molecular complexity index is 467. The second-order valence-electron chi connectivity index (χ2n) is 4.96. The monoisotopic (exact) mass is 277 g/mol. The van der Waals surface area contributed by atoms with E-state index in [-0.39, 0.29) is 11.9 Å². The van der Waals surface area contributed by atoms with Crippen molar-refractivity contribution in [3.63, 3.8) is 0 Å². The molecule has 7 heteroatoms. The van der Waals surface area contributed by atoms with Crippen LogP contribution in [-0.4, -0.2) is 65.9 Å². The molecule has 3 aliphatic rings. The lowest BCUT2D eigenvalue weighted by Crippen LogP contribution is -2.52. The molecule has 3 aliphatic heterocycles. The van der Waals surface area contributed by atoms with E-state index in [0.29, 0.717) is 33.0 Å². The van der Waals surface area contributed by atoms with Gasteiger partial charge in [-0.2, -0.15) is 5.01 Å². The van der Waals surface area contributed by atoms with E-state index >= 15 is 0 Å². The van der Waals surface area contributed by atoms with Gasteiger partial charge in [0.2, 0.25) is 5.91 Å². The summed E-state index contributed by atoms with van der Waals surface area (Å²) in [5, 5.41) is 1.93. The van der Waals surface area contributed by atoms with Gasteiger partial charge in [-0.25, -0.2) is 0 Å². The zero-order chi connectivity index (χ0) is 13.9. The van der Waals surface area contributed by atoms with Crippen molar-refractivity contribution < 1.29 is 9.53 Å². The Morgan fingerprint density at radius 3 is 3.05 bits per heavy atom. The molecule has 1 atom stereocenters. The number of carbonyl (C=O) groups excluding carboxylic acids is 1. The number of carbonyl (C=O) groups is 1. The van der Waals surface area contributed by atoms with E-state index in [1.165, 1.54) is 0 Å². The fourth-order valence-electron chi connectivity index (χ4n) is 2.42. The molecule has 1 unspecified atom stereocenters. The molecule has 108 valence electrons. The van der Waals surface area contributed by atoms with E-state index in [0.717, 1.165) is 5.82 Å². The van der Waals surface area contributed by atoms with E-state index < -0.39 is 0 Å². The highest BCUT2D eigenvalue weighted by atomic mass is 16.5. The highest BCUT2D eigenvalue weighted by Gasteiger charge is 2.32. The molecule has 0 aromatic heterocycles. The molecule has 20 heavy (non-hydrogen) atoms. The minimum Gasteiger partial charge on any atom is -0.378 e. The molecule has 3 heterocycles. The highest BCUT2D eigenvalue weighted by Crippen LogP contribution is 2.17. The van der Waals surface area contributed by atoms with Crippen LogP contribution in [0.4, 0.5) is 0 Å². The van der Waals surface area contributed by atoms with Gasteiger partial charge in [-0.3, -0.25) is 9.79 Å². The van der Waals surface area contributed by atoms with Crippen molar-refractivity contribution in [2.75, 3.05) is 33.0 Å². The molecule has 3 rings (SSSR count). The van der Waals surface area contributed by atoms with E-state index in [9.17, 15) is 4.79 Å². The Labute approximate surface area is 118 Å². The number of aliphatic imine (C=N–C) groups is 1. The van der Waals surface area contributed by atoms with Crippen molar-refractivity contribution >= 4 is 12.1 Å². The number of rotatable bonds is 2. The minimum atomic E-state index is -0.224. The average Bonchev–Trinajstić information content (AvgIpc) is 2.77. The minimum absolute atomic E-state index is 0.131. The largest absolute Gasteiger partial charge is 0.378 e. The first kappa shape index (κ1) is 13.1. The first-order valence-corrected chi connectivity index (χ1v) is 6.82. The maximum Gasteiger partial charge on any atom is 0.241 e. The summed E-state index contributed by atoms with van der Waals surface area (Å²) in [7, 11) is 0. The van der Waals surface area contributed by atoms with Crippen LogP contribution in [0.3, 0.4) is 0 Å². The number of ether oxygens (including phenoxy) is 1. The molecule has 2 fully saturated rings. The van der Waals surface area contributed by atoms with Crippen LogP contribution < -0.4 is 5.43 Å². The Morgan fingerprint density at radius 1 is 1.45 bits per heavy atom. The first-order chi connectivity index (χ1) is 9.75. The molecular formula is C13H19N5O2. The third-order valence-corrected chi connectivity index (χ3v) is 3.65. The van der Waals surface area contributed by atoms with Gasteiger partial charge in [0.1, 0.15) is 11.9 Å². The summed E-state index contributed by atoms with van der Waals surface area (Å²) < 4.78 is 5.28. The normalized spacial score (nSPS) is 23.9. The summed E-state index contributed by atoms with van der Waals surface area (Å²) in [5.41, 5.74) is 3.23. The van der Waals surface area contributed by atoms with Crippen molar-refractivity contribution in [2.24, 2.45) is 4.99 Å². The first-order valence-electron chi connectivity index (χ1n) is 6.82. The zero-order valence-electron chi connectivity index (χ0n) is 11.5. The maximum atomic E-state index is 12.5. The van der Waals surface area contributed by atoms with Crippen LogP contribution in [-0.2, 0) is 9.53 Å². The van der Waals surface area contributed by atoms with Gasteiger partial charge in [0.25, 0.3) is 0 Å². The van der Waals surface area contributed by atoms with Crippen molar-refractivity contribution in [1.29, 1.82) is 0 Å². The summed E-state index contributed by atoms with van der Waals surface area (Å²) in [4.78, 5) is 20.5.